The molecule has 3 rings (SSSR count). The first-order valence-electron chi connectivity index (χ1n) is 7.15. The molecule has 1 atom stereocenters. The van der Waals surface area contributed by atoms with E-state index in [0.717, 1.165) is 12.8 Å². The van der Waals surface area contributed by atoms with Crippen molar-refractivity contribution in [3.63, 3.8) is 0 Å². The van der Waals surface area contributed by atoms with Crippen LogP contribution < -0.4 is 11.4 Å². The van der Waals surface area contributed by atoms with Crippen LogP contribution in [0.3, 0.4) is 0 Å². The lowest BCUT2D eigenvalue weighted by Crippen LogP contribution is -2.43. The molecule has 2 aromatic rings. The van der Waals surface area contributed by atoms with Gasteiger partial charge in [-0.1, -0.05) is 0 Å². The first-order chi connectivity index (χ1) is 10.4. The van der Waals surface area contributed by atoms with Gasteiger partial charge < -0.3 is 10.2 Å². The summed E-state index contributed by atoms with van der Waals surface area (Å²) in [6, 6.07) is 7.14. The summed E-state index contributed by atoms with van der Waals surface area (Å²) in [6.07, 6.45) is 2.04. The van der Waals surface area contributed by atoms with Crippen LogP contribution in [0.4, 0.5) is 0 Å². The fraction of sp³-hybridized carbons (Fsp3) is 0.400. The van der Waals surface area contributed by atoms with Gasteiger partial charge in [0.25, 0.3) is 0 Å². The largest absolute Gasteiger partial charge is 0.423 e. The molecule has 0 bridgehead atoms. The molecule has 0 saturated heterocycles. The van der Waals surface area contributed by atoms with E-state index in [1.165, 1.54) is 28.6 Å². The first kappa shape index (κ1) is 15.2. The van der Waals surface area contributed by atoms with Crippen molar-refractivity contribution in [1.82, 2.24) is 4.31 Å². The van der Waals surface area contributed by atoms with E-state index in [1.807, 2.05) is 0 Å². The van der Waals surface area contributed by atoms with Crippen LogP contribution in [0.15, 0.2) is 44.4 Å². The van der Waals surface area contributed by atoms with Gasteiger partial charge >= 0.3 is 5.63 Å². The van der Waals surface area contributed by atoms with E-state index in [0.29, 0.717) is 23.4 Å². The van der Waals surface area contributed by atoms with Crippen molar-refractivity contribution in [2.24, 2.45) is 11.7 Å². The molecule has 0 aliphatic heterocycles. The van der Waals surface area contributed by atoms with Gasteiger partial charge in [0.1, 0.15) is 5.58 Å². The summed E-state index contributed by atoms with van der Waals surface area (Å²) in [4.78, 5) is 11.4. The number of likely N-dealkylation sites (N-methyl/N-ethyl adjacent to an activating group) is 1. The van der Waals surface area contributed by atoms with Crippen molar-refractivity contribution in [3.8, 4) is 0 Å². The Morgan fingerprint density at radius 1 is 1.32 bits per heavy atom. The maximum atomic E-state index is 12.8. The van der Waals surface area contributed by atoms with Crippen LogP contribution in [0.1, 0.15) is 12.8 Å². The van der Waals surface area contributed by atoms with Crippen LogP contribution in [0, 0.1) is 5.92 Å². The lowest BCUT2D eigenvalue weighted by atomic mass is 10.2. The maximum absolute atomic E-state index is 12.8. The van der Waals surface area contributed by atoms with Crippen molar-refractivity contribution in [2.75, 3.05) is 13.6 Å². The fourth-order valence-electron chi connectivity index (χ4n) is 2.67. The molecule has 0 radical (unpaired) electrons. The molecule has 7 heteroatoms. The van der Waals surface area contributed by atoms with Crippen molar-refractivity contribution >= 4 is 21.0 Å². The molecule has 22 heavy (non-hydrogen) atoms. The quantitative estimate of drug-likeness (QED) is 0.834. The number of hydrogen-bond donors (Lipinski definition) is 1. The van der Waals surface area contributed by atoms with Crippen molar-refractivity contribution in [3.05, 3.63) is 40.8 Å². The van der Waals surface area contributed by atoms with E-state index in [1.54, 1.807) is 13.1 Å². The van der Waals surface area contributed by atoms with Gasteiger partial charge in [0.05, 0.1) is 4.90 Å². The van der Waals surface area contributed by atoms with Crippen molar-refractivity contribution < 1.29 is 12.8 Å². The fourth-order valence-corrected chi connectivity index (χ4v) is 4.14. The van der Waals surface area contributed by atoms with Gasteiger partial charge in [-0.05, 0) is 43.0 Å². The summed E-state index contributed by atoms with van der Waals surface area (Å²) in [7, 11) is -2.05. The summed E-state index contributed by atoms with van der Waals surface area (Å²) in [5, 5.41) is 0.574. The Morgan fingerprint density at radius 3 is 2.68 bits per heavy atom. The highest BCUT2D eigenvalue weighted by Crippen LogP contribution is 2.36. The van der Waals surface area contributed by atoms with E-state index in [9.17, 15) is 13.2 Å². The van der Waals surface area contributed by atoms with Crippen molar-refractivity contribution in [2.45, 2.75) is 23.8 Å². The monoisotopic (exact) mass is 322 g/mol. The van der Waals surface area contributed by atoms with Gasteiger partial charge in [0.15, 0.2) is 0 Å². The number of nitrogens with zero attached hydrogens (tertiary/aromatic N) is 1. The molecule has 1 aliphatic carbocycles. The van der Waals surface area contributed by atoms with Gasteiger partial charge in [-0.25, -0.2) is 13.2 Å². The molecule has 118 valence electrons. The zero-order chi connectivity index (χ0) is 15.9. The van der Waals surface area contributed by atoms with Crippen molar-refractivity contribution in [1.29, 1.82) is 0 Å². The second kappa shape index (κ2) is 5.49. The van der Waals surface area contributed by atoms with Gasteiger partial charge in [-0.15, -0.1) is 0 Å². The van der Waals surface area contributed by atoms with Gasteiger partial charge in [-0.2, -0.15) is 4.31 Å². The predicted molar refractivity (Wildman–Crippen MR) is 83.0 cm³/mol. The Labute approximate surface area is 128 Å². The van der Waals surface area contributed by atoms with Gasteiger partial charge in [0, 0.05) is 31.1 Å². The minimum absolute atomic E-state index is 0.172. The third kappa shape index (κ3) is 2.67. The molecule has 1 aromatic heterocycles. The van der Waals surface area contributed by atoms with Crippen LogP contribution in [-0.2, 0) is 10.0 Å². The molecule has 6 nitrogen and oxygen atoms in total. The zero-order valence-electron chi connectivity index (χ0n) is 12.2. The third-order valence-corrected chi connectivity index (χ3v) is 6.02. The highest BCUT2D eigenvalue weighted by atomic mass is 32.2. The molecule has 1 aliphatic rings. The number of sulfonamides is 1. The number of fused-ring (bicyclic) bond motifs is 1. The van der Waals surface area contributed by atoms with Crippen LogP contribution in [0.5, 0.6) is 0 Å². The number of hydrogen-bond acceptors (Lipinski definition) is 5. The average molecular weight is 322 g/mol. The van der Waals surface area contributed by atoms with Crippen LogP contribution in [-0.4, -0.2) is 32.4 Å². The normalized spacial score (nSPS) is 17.0. The maximum Gasteiger partial charge on any atom is 0.336 e. The topological polar surface area (TPSA) is 93.6 Å². The third-order valence-electron chi connectivity index (χ3n) is 4.14. The predicted octanol–water partition coefficient (Wildman–Crippen LogP) is 1.15. The Balaban J connectivity index is 2.00. The van der Waals surface area contributed by atoms with Crippen LogP contribution >= 0.6 is 0 Å². The first-order valence-corrected chi connectivity index (χ1v) is 8.59. The average Bonchev–Trinajstić information content (AvgIpc) is 3.32. The van der Waals surface area contributed by atoms with E-state index in [2.05, 4.69) is 0 Å². The van der Waals surface area contributed by atoms with Crippen LogP contribution in [0.2, 0.25) is 0 Å². The molecular formula is C15H18N2O4S. The number of nitrogens with two attached hydrogens (primary N) is 1. The Morgan fingerprint density at radius 2 is 2.05 bits per heavy atom. The second-order valence-electron chi connectivity index (χ2n) is 5.62. The molecule has 0 amide bonds. The molecule has 1 aromatic carbocycles. The van der Waals surface area contributed by atoms with E-state index in [4.69, 9.17) is 10.2 Å². The molecule has 2 N–H and O–H groups in total. The molecule has 1 unspecified atom stereocenters. The second-order valence-corrected chi connectivity index (χ2v) is 7.61. The van der Waals surface area contributed by atoms with Crippen LogP contribution in [0.25, 0.3) is 11.0 Å². The molecular weight excluding hydrogens is 304 g/mol. The summed E-state index contributed by atoms with van der Waals surface area (Å²) < 4.78 is 31.9. The lowest BCUT2D eigenvalue weighted by molar-refractivity contribution is 0.340. The minimum atomic E-state index is -3.62. The van der Waals surface area contributed by atoms with Gasteiger partial charge in [0.2, 0.25) is 10.0 Å². The summed E-state index contributed by atoms with van der Waals surface area (Å²) in [5.41, 5.74) is 5.65. The lowest BCUT2D eigenvalue weighted by Gasteiger charge is -2.26. The van der Waals surface area contributed by atoms with E-state index < -0.39 is 15.6 Å². The zero-order valence-corrected chi connectivity index (χ0v) is 13.0. The highest BCUT2D eigenvalue weighted by Gasteiger charge is 2.38. The highest BCUT2D eigenvalue weighted by molar-refractivity contribution is 7.89. The Hall–Kier alpha value is -1.70. The SMILES string of the molecule is CN(C(CN)C1CC1)S(=O)(=O)c1ccc2oc(=O)ccc2c1. The summed E-state index contributed by atoms with van der Waals surface area (Å²) >= 11 is 0. The smallest absolute Gasteiger partial charge is 0.336 e. The molecule has 1 heterocycles. The van der Waals surface area contributed by atoms with E-state index >= 15 is 0 Å². The minimum Gasteiger partial charge on any atom is -0.423 e. The molecule has 1 fully saturated rings. The van der Waals surface area contributed by atoms with Gasteiger partial charge in [-0.3, -0.25) is 0 Å². The summed E-state index contributed by atoms with van der Waals surface area (Å²) in [6.45, 7) is 0.308. The Bertz CT molecular complexity index is 855. The number of rotatable bonds is 5. The number of benzene rings is 1. The molecule has 1 saturated carbocycles. The Kier molecular flexibility index (Phi) is 3.80. The standard InChI is InChI=1S/C15H18N2O4S/c1-17(13(9-16)10-2-3-10)22(19,20)12-5-6-14-11(8-12)4-7-15(18)21-14/h4-8,10,13H,2-3,9,16H2,1H3. The summed E-state index contributed by atoms with van der Waals surface area (Å²) in [5.74, 6) is 0.350. The van der Waals surface area contributed by atoms with E-state index in [-0.39, 0.29) is 10.9 Å². The molecule has 0 spiro atoms.